The molecule has 0 aliphatic rings. The van der Waals surface area contributed by atoms with Crippen LogP contribution in [-0.4, -0.2) is 13.4 Å². The molecule has 5 nitrogen and oxygen atoms in total. The van der Waals surface area contributed by atoms with Crippen LogP contribution in [0.1, 0.15) is 11.1 Å². The summed E-state index contributed by atoms with van der Waals surface area (Å²) in [6.45, 7) is 3.43. The zero-order valence-electron chi connectivity index (χ0n) is 11.0. The summed E-state index contributed by atoms with van der Waals surface area (Å²) in [6.07, 6.45) is 3.04. The highest BCUT2D eigenvalue weighted by Gasteiger charge is 2.21. The van der Waals surface area contributed by atoms with Gasteiger partial charge in [-0.05, 0) is 53.0 Å². The molecule has 0 saturated heterocycles. The zero-order valence-corrected chi connectivity index (χ0v) is 13.4. The van der Waals surface area contributed by atoms with Crippen molar-refractivity contribution in [3.8, 4) is 0 Å². The van der Waals surface area contributed by atoms with Gasteiger partial charge in [-0.25, -0.2) is 8.42 Å². The number of hydrogen-bond donors (Lipinski definition) is 2. The number of nitrogens with zero attached hydrogens (tertiary/aromatic N) is 1. The molecule has 0 aliphatic heterocycles. The summed E-state index contributed by atoms with van der Waals surface area (Å²) in [6, 6.07) is 4.98. The van der Waals surface area contributed by atoms with E-state index in [2.05, 4.69) is 25.6 Å². The Morgan fingerprint density at radius 3 is 2.60 bits per heavy atom. The van der Waals surface area contributed by atoms with Gasteiger partial charge in [0.05, 0.1) is 15.1 Å². The minimum atomic E-state index is -3.71. The van der Waals surface area contributed by atoms with Crippen molar-refractivity contribution < 1.29 is 8.42 Å². The van der Waals surface area contributed by atoms with Gasteiger partial charge < -0.3 is 5.73 Å². The fraction of sp³-hybridized carbons (Fsp3) is 0.154. The molecule has 20 heavy (non-hydrogen) atoms. The number of halogens is 1. The second kappa shape index (κ2) is 5.41. The molecular formula is C13H14BrN3O2S. The van der Waals surface area contributed by atoms with Crippen LogP contribution < -0.4 is 10.5 Å². The summed E-state index contributed by atoms with van der Waals surface area (Å²) >= 11 is 3.26. The first-order valence-corrected chi connectivity index (χ1v) is 8.08. The van der Waals surface area contributed by atoms with Gasteiger partial charge in [0.2, 0.25) is 0 Å². The quantitative estimate of drug-likeness (QED) is 0.829. The highest BCUT2D eigenvalue weighted by molar-refractivity contribution is 9.10. The molecular weight excluding hydrogens is 342 g/mol. The van der Waals surface area contributed by atoms with Gasteiger partial charge in [0.1, 0.15) is 0 Å². The summed E-state index contributed by atoms with van der Waals surface area (Å²) in [4.78, 5) is 4.10. The number of sulfonamides is 1. The van der Waals surface area contributed by atoms with Gasteiger partial charge in [0.25, 0.3) is 10.0 Å². The number of nitrogen functional groups attached to an aromatic ring is 1. The molecule has 0 spiro atoms. The molecule has 1 aromatic carbocycles. The first kappa shape index (κ1) is 14.8. The van der Waals surface area contributed by atoms with Gasteiger partial charge in [0.15, 0.2) is 0 Å². The number of aromatic nitrogens is 1. The Bertz CT molecular complexity index is 760. The van der Waals surface area contributed by atoms with Crippen LogP contribution in [0.2, 0.25) is 0 Å². The van der Waals surface area contributed by atoms with Crippen LogP contribution in [0.3, 0.4) is 0 Å². The lowest BCUT2D eigenvalue weighted by atomic mass is 10.1. The van der Waals surface area contributed by atoms with Crippen LogP contribution in [0.15, 0.2) is 40.0 Å². The topological polar surface area (TPSA) is 85.1 Å². The van der Waals surface area contributed by atoms with E-state index in [0.717, 1.165) is 0 Å². The largest absolute Gasteiger partial charge is 0.398 e. The van der Waals surface area contributed by atoms with Crippen molar-refractivity contribution in [2.75, 3.05) is 10.5 Å². The second-order valence-corrected chi connectivity index (χ2v) is 6.86. The maximum absolute atomic E-state index is 12.5. The van der Waals surface area contributed by atoms with Gasteiger partial charge >= 0.3 is 0 Å². The molecule has 7 heteroatoms. The average molecular weight is 356 g/mol. The van der Waals surface area contributed by atoms with Crippen LogP contribution in [0.4, 0.5) is 11.4 Å². The predicted molar refractivity (Wildman–Crippen MR) is 83.1 cm³/mol. The van der Waals surface area contributed by atoms with Gasteiger partial charge in [-0.2, -0.15) is 0 Å². The molecule has 0 unspecified atom stereocenters. The minimum Gasteiger partial charge on any atom is -0.398 e. The zero-order chi connectivity index (χ0) is 14.9. The van der Waals surface area contributed by atoms with E-state index >= 15 is 0 Å². The number of nitrogens with two attached hydrogens (primary N) is 1. The Labute approximate surface area is 126 Å². The molecule has 106 valence electrons. The van der Waals surface area contributed by atoms with E-state index < -0.39 is 10.0 Å². The predicted octanol–water partition coefficient (Wildman–Crippen LogP) is 2.84. The van der Waals surface area contributed by atoms with E-state index in [4.69, 9.17) is 5.73 Å². The van der Waals surface area contributed by atoms with Gasteiger partial charge in [-0.3, -0.25) is 9.71 Å². The molecule has 0 aliphatic carbocycles. The standard InChI is InChI=1S/C13H14BrN3O2S/c1-8-3-4-11(15)9(2)13(8)20(18,19)17-12-5-6-16-7-10(12)14/h3-7H,15H2,1-2H3,(H,16,17). The second-order valence-electron chi connectivity index (χ2n) is 4.39. The van der Waals surface area contributed by atoms with E-state index in [0.29, 0.717) is 27.0 Å². The number of aryl methyl sites for hydroxylation is 1. The first-order chi connectivity index (χ1) is 9.33. The monoisotopic (exact) mass is 355 g/mol. The molecule has 3 N–H and O–H groups in total. The number of nitrogens with one attached hydrogen (secondary N) is 1. The van der Waals surface area contributed by atoms with E-state index in [9.17, 15) is 8.42 Å². The summed E-state index contributed by atoms with van der Waals surface area (Å²) in [7, 11) is -3.71. The molecule has 0 bridgehead atoms. The highest BCUT2D eigenvalue weighted by Crippen LogP contribution is 2.28. The Morgan fingerprint density at radius 2 is 1.95 bits per heavy atom. The van der Waals surface area contributed by atoms with Gasteiger partial charge in [0, 0.05) is 18.1 Å². The third-order valence-corrected chi connectivity index (χ3v) is 5.22. The molecule has 0 atom stereocenters. The van der Waals surface area contributed by atoms with E-state index in [-0.39, 0.29) is 4.90 Å². The molecule has 0 radical (unpaired) electrons. The number of benzene rings is 1. The van der Waals surface area contributed by atoms with Crippen molar-refractivity contribution in [3.05, 3.63) is 46.2 Å². The third-order valence-electron chi connectivity index (χ3n) is 2.93. The van der Waals surface area contributed by atoms with Crippen molar-refractivity contribution in [1.29, 1.82) is 0 Å². The van der Waals surface area contributed by atoms with E-state index in [1.807, 2.05) is 0 Å². The Hall–Kier alpha value is -1.60. The number of rotatable bonds is 3. The van der Waals surface area contributed by atoms with Crippen LogP contribution in [0.25, 0.3) is 0 Å². The molecule has 1 aromatic heterocycles. The van der Waals surface area contributed by atoms with Gasteiger partial charge in [-0.1, -0.05) is 6.07 Å². The molecule has 2 rings (SSSR count). The smallest absolute Gasteiger partial charge is 0.262 e. The SMILES string of the molecule is Cc1ccc(N)c(C)c1S(=O)(=O)Nc1ccncc1Br. The highest BCUT2D eigenvalue weighted by atomic mass is 79.9. The minimum absolute atomic E-state index is 0.209. The molecule has 0 saturated carbocycles. The summed E-state index contributed by atoms with van der Waals surface area (Å²) < 4.78 is 28.2. The third kappa shape index (κ3) is 2.78. The van der Waals surface area contributed by atoms with Crippen LogP contribution in [0.5, 0.6) is 0 Å². The lowest BCUT2D eigenvalue weighted by Crippen LogP contribution is -2.16. The van der Waals surface area contributed by atoms with E-state index in [1.165, 1.54) is 12.4 Å². The van der Waals surface area contributed by atoms with Crippen LogP contribution >= 0.6 is 15.9 Å². The summed E-state index contributed by atoms with van der Waals surface area (Å²) in [5.74, 6) is 0. The number of pyridine rings is 1. The Balaban J connectivity index is 2.52. The van der Waals surface area contributed by atoms with Crippen molar-refractivity contribution >= 4 is 37.3 Å². The van der Waals surface area contributed by atoms with Crippen molar-refractivity contribution in [3.63, 3.8) is 0 Å². The Morgan fingerprint density at radius 1 is 1.25 bits per heavy atom. The molecule has 2 aromatic rings. The number of hydrogen-bond acceptors (Lipinski definition) is 4. The lowest BCUT2D eigenvalue weighted by molar-refractivity contribution is 0.600. The molecule has 1 heterocycles. The van der Waals surface area contributed by atoms with Crippen molar-refractivity contribution in [1.82, 2.24) is 4.98 Å². The normalized spacial score (nSPS) is 11.3. The maximum Gasteiger partial charge on any atom is 0.262 e. The summed E-state index contributed by atoms with van der Waals surface area (Å²) in [5, 5.41) is 0. The van der Waals surface area contributed by atoms with Crippen LogP contribution in [0, 0.1) is 13.8 Å². The van der Waals surface area contributed by atoms with E-state index in [1.54, 1.807) is 32.0 Å². The summed E-state index contributed by atoms with van der Waals surface area (Å²) in [5.41, 5.74) is 7.87. The lowest BCUT2D eigenvalue weighted by Gasteiger charge is -2.15. The van der Waals surface area contributed by atoms with Crippen molar-refractivity contribution in [2.45, 2.75) is 18.7 Å². The first-order valence-electron chi connectivity index (χ1n) is 5.81. The molecule has 0 fully saturated rings. The fourth-order valence-electron chi connectivity index (χ4n) is 1.91. The Kier molecular flexibility index (Phi) is 4.01. The maximum atomic E-state index is 12.5. The molecule has 0 amide bonds. The van der Waals surface area contributed by atoms with Crippen LogP contribution in [-0.2, 0) is 10.0 Å². The number of anilines is 2. The fourth-order valence-corrected chi connectivity index (χ4v) is 3.97. The van der Waals surface area contributed by atoms with Crippen molar-refractivity contribution in [2.24, 2.45) is 0 Å². The van der Waals surface area contributed by atoms with Gasteiger partial charge in [-0.15, -0.1) is 0 Å². The average Bonchev–Trinajstić information content (AvgIpc) is 2.37.